The third kappa shape index (κ3) is 2.74. The molecule has 0 nitrogen and oxygen atoms in total. The predicted molar refractivity (Wildman–Crippen MR) is 94.0 cm³/mol. The average Bonchev–Trinajstić information content (AvgIpc) is 2.96. The first kappa shape index (κ1) is 15.9. The molecule has 25 heavy (non-hydrogen) atoms. The van der Waals surface area contributed by atoms with Gasteiger partial charge in [-0.1, -0.05) is 49.7 Å². The third-order valence-electron chi connectivity index (χ3n) is 4.80. The quantitative estimate of drug-likeness (QED) is 0.385. The lowest BCUT2D eigenvalue weighted by atomic mass is 9.98. The minimum atomic E-state index is -1.43. The number of rotatable bonds is 3. The van der Waals surface area contributed by atoms with Crippen LogP contribution in [0, 0.1) is 17.5 Å². The van der Waals surface area contributed by atoms with E-state index in [1.165, 1.54) is 16.7 Å². The second kappa shape index (κ2) is 6.07. The zero-order chi connectivity index (χ0) is 17.6. The van der Waals surface area contributed by atoms with Crippen molar-refractivity contribution in [1.29, 1.82) is 0 Å². The third-order valence-corrected chi connectivity index (χ3v) is 4.80. The summed E-state index contributed by atoms with van der Waals surface area (Å²) in [5.74, 6) is -3.76. The molecule has 0 atom stereocenters. The summed E-state index contributed by atoms with van der Waals surface area (Å²) in [6, 6.07) is 14.4. The molecule has 3 heteroatoms. The zero-order valence-corrected chi connectivity index (χ0v) is 13.9. The van der Waals surface area contributed by atoms with Gasteiger partial charge in [-0.25, -0.2) is 13.2 Å². The second-order valence-electron chi connectivity index (χ2n) is 6.54. The minimum Gasteiger partial charge on any atom is -0.204 e. The summed E-state index contributed by atoms with van der Waals surface area (Å²) in [5, 5.41) is 0. The second-order valence-corrected chi connectivity index (χ2v) is 6.54. The number of halogens is 3. The van der Waals surface area contributed by atoms with Crippen molar-refractivity contribution in [3.05, 3.63) is 82.7 Å². The highest BCUT2D eigenvalue weighted by Gasteiger charge is 2.20. The lowest BCUT2D eigenvalue weighted by molar-refractivity contribution is 0.448. The molecule has 0 amide bonds. The van der Waals surface area contributed by atoms with Gasteiger partial charge in [-0.15, -0.1) is 0 Å². The van der Waals surface area contributed by atoms with Gasteiger partial charge in [0, 0.05) is 0 Å². The molecule has 0 aliphatic heterocycles. The molecule has 4 rings (SSSR count). The molecule has 126 valence electrons. The van der Waals surface area contributed by atoms with E-state index in [0.717, 1.165) is 42.5 Å². The highest BCUT2D eigenvalue weighted by Crippen LogP contribution is 2.39. The molecule has 0 aromatic heterocycles. The summed E-state index contributed by atoms with van der Waals surface area (Å²) in [5.41, 5.74) is 7.17. The standard InChI is InChI=1S/C22H17F3/c1-2-3-13-4-6-18-16(8-13)10-17-9-14(5-7-19(17)18)15-11-20(23)22(25)21(24)12-15/h4-9,11-12H,2-3,10H2,1H3. The first-order chi connectivity index (χ1) is 12.1. The van der Waals surface area contributed by atoms with E-state index in [2.05, 4.69) is 25.1 Å². The van der Waals surface area contributed by atoms with Crippen molar-refractivity contribution in [2.75, 3.05) is 0 Å². The van der Waals surface area contributed by atoms with Crippen LogP contribution >= 0.6 is 0 Å². The normalized spacial score (nSPS) is 12.2. The Morgan fingerprint density at radius 3 is 2.08 bits per heavy atom. The van der Waals surface area contributed by atoms with Crippen molar-refractivity contribution < 1.29 is 13.2 Å². The summed E-state index contributed by atoms with van der Waals surface area (Å²) < 4.78 is 40.2. The lowest BCUT2D eigenvalue weighted by Crippen LogP contribution is -1.92. The van der Waals surface area contributed by atoms with Crippen LogP contribution in [0.5, 0.6) is 0 Å². The molecule has 0 unspecified atom stereocenters. The van der Waals surface area contributed by atoms with Crippen molar-refractivity contribution >= 4 is 0 Å². The van der Waals surface area contributed by atoms with Gasteiger partial charge in [0.1, 0.15) is 0 Å². The van der Waals surface area contributed by atoms with Gasteiger partial charge in [0.25, 0.3) is 0 Å². The SMILES string of the molecule is CCCc1ccc2c(c1)Cc1cc(-c3cc(F)c(F)c(F)c3)ccc1-2. The number of hydrogen-bond acceptors (Lipinski definition) is 0. The molecule has 3 aromatic carbocycles. The highest BCUT2D eigenvalue weighted by atomic mass is 19.2. The van der Waals surface area contributed by atoms with Gasteiger partial charge >= 0.3 is 0 Å². The van der Waals surface area contributed by atoms with Gasteiger partial charge in [0.2, 0.25) is 0 Å². The molecule has 0 bridgehead atoms. The van der Waals surface area contributed by atoms with Crippen LogP contribution < -0.4 is 0 Å². The molecule has 0 radical (unpaired) electrons. The molecular weight excluding hydrogens is 321 g/mol. The molecule has 0 fully saturated rings. The Labute approximate surface area is 144 Å². The Balaban J connectivity index is 1.74. The van der Waals surface area contributed by atoms with E-state index in [0.29, 0.717) is 11.1 Å². The molecule has 0 spiro atoms. The van der Waals surface area contributed by atoms with Gasteiger partial charge in [-0.3, -0.25) is 0 Å². The van der Waals surface area contributed by atoms with E-state index in [-0.39, 0.29) is 0 Å². The van der Waals surface area contributed by atoms with E-state index in [9.17, 15) is 13.2 Å². The number of hydrogen-bond donors (Lipinski definition) is 0. The molecule has 0 saturated heterocycles. The van der Waals surface area contributed by atoms with E-state index >= 15 is 0 Å². The van der Waals surface area contributed by atoms with Gasteiger partial charge in [0.15, 0.2) is 17.5 Å². The molecule has 3 aromatic rings. The topological polar surface area (TPSA) is 0 Å². The smallest absolute Gasteiger partial charge is 0.194 e. The summed E-state index contributed by atoms with van der Waals surface area (Å²) in [4.78, 5) is 0. The van der Waals surface area contributed by atoms with Crippen LogP contribution in [0.15, 0.2) is 48.5 Å². The Bertz CT molecular complexity index is 950. The van der Waals surface area contributed by atoms with Gasteiger partial charge in [0.05, 0.1) is 0 Å². The van der Waals surface area contributed by atoms with Crippen LogP contribution in [-0.4, -0.2) is 0 Å². The van der Waals surface area contributed by atoms with E-state index in [4.69, 9.17) is 0 Å². The molecule has 0 saturated carbocycles. The molecule has 1 aliphatic carbocycles. The Morgan fingerprint density at radius 2 is 1.40 bits per heavy atom. The maximum atomic E-state index is 13.5. The largest absolute Gasteiger partial charge is 0.204 e. The predicted octanol–water partition coefficient (Wildman–Crippen LogP) is 6.29. The van der Waals surface area contributed by atoms with Crippen LogP contribution in [-0.2, 0) is 12.8 Å². The minimum absolute atomic E-state index is 0.349. The van der Waals surface area contributed by atoms with Crippen molar-refractivity contribution in [2.24, 2.45) is 0 Å². The van der Waals surface area contributed by atoms with Crippen molar-refractivity contribution in [2.45, 2.75) is 26.2 Å². The van der Waals surface area contributed by atoms with E-state index in [1.807, 2.05) is 18.2 Å². The number of aryl methyl sites for hydroxylation is 1. The number of benzene rings is 3. The molecular formula is C22H17F3. The Kier molecular flexibility index (Phi) is 3.87. The van der Waals surface area contributed by atoms with Gasteiger partial charge in [-0.05, 0) is 63.9 Å². The summed E-state index contributed by atoms with van der Waals surface area (Å²) in [6.45, 7) is 2.16. The van der Waals surface area contributed by atoms with Crippen LogP contribution in [0.3, 0.4) is 0 Å². The first-order valence-electron chi connectivity index (χ1n) is 8.47. The fourth-order valence-corrected chi connectivity index (χ4v) is 3.61. The summed E-state index contributed by atoms with van der Waals surface area (Å²) in [6.07, 6.45) is 2.98. The summed E-state index contributed by atoms with van der Waals surface area (Å²) in [7, 11) is 0. The fraction of sp³-hybridized carbons (Fsp3) is 0.182. The highest BCUT2D eigenvalue weighted by molar-refractivity contribution is 5.80. The molecule has 0 heterocycles. The van der Waals surface area contributed by atoms with Crippen LogP contribution in [0.1, 0.15) is 30.0 Å². The van der Waals surface area contributed by atoms with Gasteiger partial charge < -0.3 is 0 Å². The number of fused-ring (bicyclic) bond motifs is 3. The molecule has 0 N–H and O–H groups in total. The Hall–Kier alpha value is -2.55. The van der Waals surface area contributed by atoms with Gasteiger partial charge in [-0.2, -0.15) is 0 Å². The van der Waals surface area contributed by atoms with Crippen LogP contribution in [0.2, 0.25) is 0 Å². The average molecular weight is 338 g/mol. The van der Waals surface area contributed by atoms with Crippen molar-refractivity contribution in [1.82, 2.24) is 0 Å². The summed E-state index contributed by atoms with van der Waals surface area (Å²) >= 11 is 0. The maximum Gasteiger partial charge on any atom is 0.194 e. The van der Waals surface area contributed by atoms with Crippen LogP contribution in [0.4, 0.5) is 13.2 Å². The Morgan fingerprint density at radius 1 is 0.760 bits per heavy atom. The van der Waals surface area contributed by atoms with Crippen molar-refractivity contribution in [3.63, 3.8) is 0 Å². The van der Waals surface area contributed by atoms with Crippen LogP contribution in [0.25, 0.3) is 22.3 Å². The lowest BCUT2D eigenvalue weighted by Gasteiger charge is -2.07. The maximum absolute atomic E-state index is 13.5. The fourth-order valence-electron chi connectivity index (χ4n) is 3.61. The van der Waals surface area contributed by atoms with E-state index in [1.54, 1.807) is 0 Å². The molecule has 1 aliphatic rings. The van der Waals surface area contributed by atoms with E-state index < -0.39 is 17.5 Å². The monoisotopic (exact) mass is 338 g/mol. The first-order valence-corrected chi connectivity index (χ1v) is 8.47. The zero-order valence-electron chi connectivity index (χ0n) is 13.9. The van der Waals surface area contributed by atoms with Crippen molar-refractivity contribution in [3.8, 4) is 22.3 Å².